The van der Waals surface area contributed by atoms with Gasteiger partial charge in [-0.25, -0.2) is 9.37 Å². The van der Waals surface area contributed by atoms with Crippen LogP contribution in [0, 0.1) is 5.82 Å². The largest absolute Gasteiger partial charge is 0.497 e. The first-order chi connectivity index (χ1) is 14.7. The number of ether oxygens (including phenoxy) is 1. The maximum absolute atomic E-state index is 14.5. The maximum atomic E-state index is 14.5. The fourth-order valence-electron chi connectivity index (χ4n) is 4.28. The average Bonchev–Trinajstić information content (AvgIpc) is 2.67. The monoisotopic (exact) mass is 455 g/mol. The summed E-state index contributed by atoms with van der Waals surface area (Å²) in [5.74, 6) is -0.630. The molecule has 0 spiro atoms. The molecule has 0 amide bonds. The number of piperidine rings is 1. The Balaban J connectivity index is 1.84. The lowest BCUT2D eigenvalue weighted by Crippen LogP contribution is -2.61. The van der Waals surface area contributed by atoms with Gasteiger partial charge in [-0.1, -0.05) is 0 Å². The van der Waals surface area contributed by atoms with Crippen molar-refractivity contribution in [1.82, 2.24) is 14.9 Å². The number of benzene rings is 1. The van der Waals surface area contributed by atoms with Gasteiger partial charge in [0.2, 0.25) is 5.95 Å². The van der Waals surface area contributed by atoms with E-state index in [0.29, 0.717) is 0 Å². The second-order valence-corrected chi connectivity index (χ2v) is 9.40. The molecule has 1 aromatic heterocycles. The number of likely N-dealkylation sites (tertiary alicyclic amines) is 1. The Hall–Kier alpha value is -2.62. The average molecular weight is 456 g/mol. The van der Waals surface area contributed by atoms with Crippen molar-refractivity contribution in [3.8, 4) is 5.75 Å². The third-order valence-electron chi connectivity index (χ3n) is 6.12. The molecule has 1 fully saturated rings. The molecule has 10 heteroatoms. The van der Waals surface area contributed by atoms with Crippen molar-refractivity contribution in [1.29, 1.82) is 0 Å². The van der Waals surface area contributed by atoms with Crippen molar-refractivity contribution >= 4 is 17.5 Å². The van der Waals surface area contributed by atoms with Gasteiger partial charge >= 0.3 is 6.18 Å². The van der Waals surface area contributed by atoms with Gasteiger partial charge in [0.1, 0.15) is 5.75 Å². The normalized spacial score (nSPS) is 18.9. The van der Waals surface area contributed by atoms with E-state index in [9.17, 15) is 17.6 Å². The van der Waals surface area contributed by atoms with E-state index >= 15 is 0 Å². The summed E-state index contributed by atoms with van der Waals surface area (Å²) >= 11 is 0. The van der Waals surface area contributed by atoms with E-state index in [1.54, 1.807) is 0 Å². The second kappa shape index (κ2) is 8.38. The number of hydrogen-bond donors (Lipinski definition) is 2. The van der Waals surface area contributed by atoms with Crippen molar-refractivity contribution in [2.45, 2.75) is 63.8 Å². The van der Waals surface area contributed by atoms with E-state index < -0.39 is 17.6 Å². The van der Waals surface area contributed by atoms with Gasteiger partial charge in [-0.15, -0.1) is 0 Å². The van der Waals surface area contributed by atoms with E-state index in [2.05, 4.69) is 60.2 Å². The predicted molar refractivity (Wildman–Crippen MR) is 116 cm³/mol. The molecule has 0 bridgehead atoms. The van der Waals surface area contributed by atoms with Crippen molar-refractivity contribution in [2.24, 2.45) is 0 Å². The zero-order valence-corrected chi connectivity index (χ0v) is 19.1. The van der Waals surface area contributed by atoms with E-state index in [0.717, 1.165) is 31.2 Å². The van der Waals surface area contributed by atoms with E-state index in [1.807, 2.05) is 0 Å². The zero-order valence-electron chi connectivity index (χ0n) is 19.1. The highest BCUT2D eigenvalue weighted by Crippen LogP contribution is 2.38. The fourth-order valence-corrected chi connectivity index (χ4v) is 4.28. The van der Waals surface area contributed by atoms with E-state index in [4.69, 9.17) is 4.74 Å². The zero-order chi connectivity index (χ0) is 23.9. The van der Waals surface area contributed by atoms with E-state index in [-0.39, 0.29) is 40.3 Å². The molecule has 176 valence electrons. The quantitative estimate of drug-likeness (QED) is 0.585. The molecule has 0 atom stereocenters. The summed E-state index contributed by atoms with van der Waals surface area (Å²) in [6.45, 7) is 8.53. The Morgan fingerprint density at radius 2 is 1.72 bits per heavy atom. The van der Waals surface area contributed by atoms with Crippen LogP contribution in [0.2, 0.25) is 0 Å². The van der Waals surface area contributed by atoms with Gasteiger partial charge in [0.15, 0.2) is 11.6 Å². The molecule has 6 nitrogen and oxygen atoms in total. The van der Waals surface area contributed by atoms with Gasteiger partial charge < -0.3 is 15.4 Å². The first-order valence-corrected chi connectivity index (χ1v) is 10.3. The molecular weight excluding hydrogens is 426 g/mol. The third kappa shape index (κ3) is 5.23. The SMILES string of the molecule is COc1cc(Nc2ncc(F)c(NC3CC(C)(C)N(C)C(C)(C)C3)n2)cc(C(F)(F)F)c1. The van der Waals surface area contributed by atoms with Crippen LogP contribution in [0.15, 0.2) is 24.4 Å². The highest BCUT2D eigenvalue weighted by molar-refractivity contribution is 5.59. The lowest BCUT2D eigenvalue weighted by Gasteiger charge is -2.53. The highest BCUT2D eigenvalue weighted by Gasteiger charge is 2.43. The topological polar surface area (TPSA) is 62.3 Å². The summed E-state index contributed by atoms with van der Waals surface area (Å²) in [5.41, 5.74) is -1.02. The van der Waals surface area contributed by atoms with Crippen molar-refractivity contribution < 1.29 is 22.3 Å². The van der Waals surface area contributed by atoms with Crippen LogP contribution >= 0.6 is 0 Å². The van der Waals surface area contributed by atoms with Gasteiger partial charge in [-0.3, -0.25) is 4.90 Å². The van der Waals surface area contributed by atoms with Crippen LogP contribution in [-0.4, -0.2) is 46.1 Å². The molecule has 32 heavy (non-hydrogen) atoms. The molecule has 0 saturated carbocycles. The molecule has 2 N–H and O–H groups in total. The summed E-state index contributed by atoms with van der Waals surface area (Å²) < 4.78 is 59.0. The molecular formula is C22H29F4N5O. The molecule has 0 aliphatic carbocycles. The van der Waals surface area contributed by atoms with Gasteiger partial charge in [0.25, 0.3) is 0 Å². The Labute approximate surface area is 185 Å². The number of anilines is 3. The van der Waals surface area contributed by atoms with Gasteiger partial charge in [0.05, 0.1) is 18.9 Å². The Morgan fingerprint density at radius 1 is 1.09 bits per heavy atom. The van der Waals surface area contributed by atoms with Crippen LogP contribution in [0.5, 0.6) is 5.75 Å². The van der Waals surface area contributed by atoms with E-state index in [1.165, 1.54) is 13.2 Å². The smallest absolute Gasteiger partial charge is 0.416 e. The van der Waals surface area contributed by atoms with Crippen molar-refractivity contribution in [3.05, 3.63) is 35.8 Å². The second-order valence-electron chi connectivity index (χ2n) is 9.40. The highest BCUT2D eigenvalue weighted by atomic mass is 19.4. The fraction of sp³-hybridized carbons (Fsp3) is 0.545. The molecule has 1 aliphatic heterocycles. The minimum absolute atomic E-state index is 0.00240. The molecule has 2 heterocycles. The number of nitrogens with one attached hydrogen (secondary N) is 2. The van der Waals surface area contributed by atoms with Crippen LogP contribution in [0.1, 0.15) is 46.1 Å². The third-order valence-corrected chi connectivity index (χ3v) is 6.12. The summed E-state index contributed by atoms with van der Waals surface area (Å²) in [4.78, 5) is 10.4. The molecule has 3 rings (SSSR count). The molecule has 1 aliphatic rings. The summed E-state index contributed by atoms with van der Waals surface area (Å²) in [5, 5.41) is 5.89. The van der Waals surface area contributed by atoms with Gasteiger partial charge in [-0.05, 0) is 59.7 Å². The van der Waals surface area contributed by atoms with Crippen LogP contribution < -0.4 is 15.4 Å². The number of aromatic nitrogens is 2. The number of alkyl halides is 3. The van der Waals surface area contributed by atoms with Crippen molar-refractivity contribution in [3.63, 3.8) is 0 Å². The van der Waals surface area contributed by atoms with Crippen LogP contribution in [-0.2, 0) is 6.18 Å². The summed E-state index contributed by atoms with van der Waals surface area (Å²) in [7, 11) is 3.35. The molecule has 0 unspecified atom stereocenters. The Morgan fingerprint density at radius 3 is 2.28 bits per heavy atom. The number of methoxy groups -OCH3 is 1. The van der Waals surface area contributed by atoms with Crippen LogP contribution in [0.3, 0.4) is 0 Å². The molecule has 2 aromatic rings. The first kappa shape index (κ1) is 24.0. The first-order valence-electron chi connectivity index (χ1n) is 10.3. The molecule has 1 saturated heterocycles. The van der Waals surface area contributed by atoms with Gasteiger partial charge in [0, 0.05) is 28.9 Å². The number of halogens is 4. The molecule has 1 aromatic carbocycles. The number of rotatable bonds is 5. The summed E-state index contributed by atoms with van der Waals surface area (Å²) in [6.07, 6.45) is -2.02. The van der Waals surface area contributed by atoms with Crippen molar-refractivity contribution in [2.75, 3.05) is 24.8 Å². The Kier molecular flexibility index (Phi) is 6.29. The van der Waals surface area contributed by atoms with Gasteiger partial charge in [-0.2, -0.15) is 18.2 Å². The lowest BCUT2D eigenvalue weighted by atomic mass is 9.77. The minimum Gasteiger partial charge on any atom is -0.497 e. The lowest BCUT2D eigenvalue weighted by molar-refractivity contribution is -0.137. The van der Waals surface area contributed by atoms with Crippen LogP contribution in [0.25, 0.3) is 0 Å². The predicted octanol–water partition coefficient (Wildman–Crippen LogP) is 5.45. The van der Waals surface area contributed by atoms with Crippen LogP contribution in [0.4, 0.5) is 35.0 Å². The Bertz CT molecular complexity index is 959. The number of hydrogen-bond acceptors (Lipinski definition) is 6. The summed E-state index contributed by atoms with van der Waals surface area (Å²) in [6, 6.07) is 3.16. The molecule has 0 radical (unpaired) electrons. The maximum Gasteiger partial charge on any atom is 0.416 e. The standard InChI is InChI=1S/C22H29F4N5O/c1-20(2)10-15(11-21(3,4)31(20)5)28-18-17(23)12-27-19(30-18)29-14-7-13(22(24,25)26)8-16(9-14)32-6/h7-9,12,15H,10-11H2,1-6H3,(H2,27,28,29,30). The minimum atomic E-state index is -4.55. The number of nitrogens with zero attached hydrogens (tertiary/aromatic N) is 3.